The Morgan fingerprint density at radius 3 is 2.64 bits per heavy atom. The van der Waals surface area contributed by atoms with Crippen molar-refractivity contribution in [1.29, 1.82) is 0 Å². The fourth-order valence-electron chi connectivity index (χ4n) is 1.17. The lowest BCUT2D eigenvalue weighted by atomic mass is 10.2. The zero-order chi connectivity index (χ0) is 10.7. The third-order valence-corrected chi connectivity index (χ3v) is 2.34. The fourth-order valence-corrected chi connectivity index (χ4v) is 1.82. The number of hydrogen-bond acceptors (Lipinski definition) is 2. The van der Waals surface area contributed by atoms with E-state index >= 15 is 0 Å². The largest absolute Gasteiger partial charge is 0.495 e. The lowest BCUT2D eigenvalue weighted by Crippen LogP contribution is -2.08. The van der Waals surface area contributed by atoms with Crippen molar-refractivity contribution in [3.63, 3.8) is 0 Å². The molecular formula is C10H12BrNO2. The van der Waals surface area contributed by atoms with Crippen LogP contribution in [0.15, 0.2) is 16.6 Å². The van der Waals surface area contributed by atoms with Crippen molar-refractivity contribution in [1.82, 2.24) is 0 Å². The standard InChI is InChI=1S/C10H12BrNO2/c1-6-4-8(11)10(12-7(2)13)9(5-6)14-3/h4-5H,1-3H3,(H,12,13). The van der Waals surface area contributed by atoms with Gasteiger partial charge in [-0.2, -0.15) is 0 Å². The van der Waals surface area contributed by atoms with E-state index in [0.29, 0.717) is 11.4 Å². The number of aryl methyl sites for hydroxylation is 1. The van der Waals surface area contributed by atoms with Gasteiger partial charge in [0.2, 0.25) is 5.91 Å². The number of hydrogen-bond donors (Lipinski definition) is 1. The highest BCUT2D eigenvalue weighted by molar-refractivity contribution is 9.10. The minimum atomic E-state index is -0.118. The first-order valence-electron chi connectivity index (χ1n) is 4.16. The van der Waals surface area contributed by atoms with E-state index in [9.17, 15) is 4.79 Å². The molecule has 0 saturated carbocycles. The van der Waals surface area contributed by atoms with Gasteiger partial charge in [0, 0.05) is 11.4 Å². The van der Waals surface area contributed by atoms with E-state index in [1.165, 1.54) is 6.92 Å². The lowest BCUT2D eigenvalue weighted by molar-refractivity contribution is -0.114. The maximum Gasteiger partial charge on any atom is 0.221 e. The van der Waals surface area contributed by atoms with Gasteiger partial charge in [-0.25, -0.2) is 0 Å². The summed E-state index contributed by atoms with van der Waals surface area (Å²) in [6.07, 6.45) is 0. The molecule has 76 valence electrons. The molecule has 1 aromatic carbocycles. The Bertz CT molecular complexity index is 363. The van der Waals surface area contributed by atoms with Gasteiger partial charge >= 0.3 is 0 Å². The highest BCUT2D eigenvalue weighted by Gasteiger charge is 2.09. The summed E-state index contributed by atoms with van der Waals surface area (Å²) in [6.45, 7) is 3.43. The molecule has 0 atom stereocenters. The Kier molecular flexibility index (Phi) is 3.52. The molecule has 0 saturated heterocycles. The van der Waals surface area contributed by atoms with Crippen LogP contribution < -0.4 is 10.1 Å². The van der Waals surface area contributed by atoms with E-state index in [4.69, 9.17) is 4.74 Å². The predicted molar refractivity (Wildman–Crippen MR) is 59.7 cm³/mol. The summed E-state index contributed by atoms with van der Waals surface area (Å²) >= 11 is 3.37. The molecule has 0 aliphatic rings. The van der Waals surface area contributed by atoms with E-state index in [1.54, 1.807) is 7.11 Å². The van der Waals surface area contributed by atoms with Crippen molar-refractivity contribution in [3.8, 4) is 5.75 Å². The van der Waals surface area contributed by atoms with Crippen LogP contribution in [0.1, 0.15) is 12.5 Å². The molecule has 0 fully saturated rings. The van der Waals surface area contributed by atoms with E-state index < -0.39 is 0 Å². The number of rotatable bonds is 2. The van der Waals surface area contributed by atoms with Gasteiger partial charge in [0.05, 0.1) is 12.8 Å². The van der Waals surface area contributed by atoms with Crippen molar-refractivity contribution < 1.29 is 9.53 Å². The molecule has 0 heterocycles. The average molecular weight is 258 g/mol. The summed E-state index contributed by atoms with van der Waals surface area (Å²) in [5, 5.41) is 2.71. The highest BCUT2D eigenvalue weighted by Crippen LogP contribution is 2.33. The average Bonchev–Trinajstić information content (AvgIpc) is 2.08. The first-order valence-corrected chi connectivity index (χ1v) is 4.95. The molecule has 1 amide bonds. The molecule has 1 rings (SSSR count). The van der Waals surface area contributed by atoms with Gasteiger partial charge < -0.3 is 10.1 Å². The number of anilines is 1. The maximum absolute atomic E-state index is 10.9. The van der Waals surface area contributed by atoms with Gasteiger partial charge in [-0.15, -0.1) is 0 Å². The monoisotopic (exact) mass is 257 g/mol. The highest BCUT2D eigenvalue weighted by atomic mass is 79.9. The molecule has 1 N–H and O–H groups in total. The first-order chi connectivity index (χ1) is 6.54. The Morgan fingerprint density at radius 1 is 1.50 bits per heavy atom. The Balaban J connectivity index is 3.18. The van der Waals surface area contributed by atoms with Gasteiger partial charge in [-0.05, 0) is 40.5 Å². The summed E-state index contributed by atoms with van der Waals surface area (Å²) in [5.41, 5.74) is 1.74. The van der Waals surface area contributed by atoms with E-state index in [2.05, 4.69) is 21.2 Å². The molecule has 0 aliphatic heterocycles. The van der Waals surface area contributed by atoms with E-state index in [0.717, 1.165) is 10.0 Å². The second kappa shape index (κ2) is 4.46. The van der Waals surface area contributed by atoms with E-state index in [1.807, 2.05) is 19.1 Å². The molecule has 3 nitrogen and oxygen atoms in total. The second-order valence-corrected chi connectivity index (χ2v) is 3.86. The fraction of sp³-hybridized carbons (Fsp3) is 0.300. The number of methoxy groups -OCH3 is 1. The second-order valence-electron chi connectivity index (χ2n) is 3.01. The van der Waals surface area contributed by atoms with Gasteiger partial charge in [-0.3, -0.25) is 4.79 Å². The third-order valence-electron chi connectivity index (χ3n) is 1.72. The molecule has 4 heteroatoms. The van der Waals surface area contributed by atoms with Crippen molar-refractivity contribution in [3.05, 3.63) is 22.2 Å². The number of carbonyl (C=O) groups is 1. The van der Waals surface area contributed by atoms with Gasteiger partial charge in [0.1, 0.15) is 5.75 Å². The minimum Gasteiger partial charge on any atom is -0.495 e. The number of ether oxygens (including phenoxy) is 1. The van der Waals surface area contributed by atoms with Gasteiger partial charge in [0.25, 0.3) is 0 Å². The molecule has 0 aliphatic carbocycles. The summed E-state index contributed by atoms with van der Waals surface area (Å²) in [5.74, 6) is 0.542. The van der Waals surface area contributed by atoms with Crippen LogP contribution in [-0.4, -0.2) is 13.0 Å². The number of nitrogens with one attached hydrogen (secondary N) is 1. The van der Waals surface area contributed by atoms with Crippen molar-refractivity contribution >= 4 is 27.5 Å². The Morgan fingerprint density at radius 2 is 2.14 bits per heavy atom. The summed E-state index contributed by atoms with van der Waals surface area (Å²) < 4.78 is 5.99. The third kappa shape index (κ3) is 2.48. The van der Waals surface area contributed by atoms with Crippen molar-refractivity contribution in [2.45, 2.75) is 13.8 Å². The molecule has 0 radical (unpaired) electrons. The predicted octanol–water partition coefficient (Wildman–Crippen LogP) is 2.72. The Hall–Kier alpha value is -1.03. The zero-order valence-corrected chi connectivity index (χ0v) is 9.94. The summed E-state index contributed by atoms with van der Waals surface area (Å²) in [4.78, 5) is 10.9. The van der Waals surface area contributed by atoms with Crippen molar-refractivity contribution in [2.24, 2.45) is 0 Å². The van der Waals surface area contributed by atoms with Crippen LogP contribution in [0.2, 0.25) is 0 Å². The van der Waals surface area contributed by atoms with E-state index in [-0.39, 0.29) is 5.91 Å². The molecule has 0 bridgehead atoms. The molecule has 0 aromatic heterocycles. The lowest BCUT2D eigenvalue weighted by Gasteiger charge is -2.11. The normalized spacial score (nSPS) is 9.71. The van der Waals surface area contributed by atoms with Crippen LogP contribution >= 0.6 is 15.9 Å². The molecule has 14 heavy (non-hydrogen) atoms. The minimum absolute atomic E-state index is 0.118. The molecular weight excluding hydrogens is 246 g/mol. The van der Waals surface area contributed by atoms with Crippen LogP contribution in [0, 0.1) is 6.92 Å². The zero-order valence-electron chi connectivity index (χ0n) is 8.35. The first kappa shape index (κ1) is 11.0. The van der Waals surface area contributed by atoms with Gasteiger partial charge in [0.15, 0.2) is 0 Å². The number of amides is 1. The van der Waals surface area contributed by atoms with Crippen LogP contribution in [-0.2, 0) is 4.79 Å². The number of benzene rings is 1. The topological polar surface area (TPSA) is 38.3 Å². The Labute approximate surface area is 91.6 Å². The van der Waals surface area contributed by atoms with Crippen LogP contribution in [0.4, 0.5) is 5.69 Å². The molecule has 0 spiro atoms. The quantitative estimate of drug-likeness (QED) is 0.885. The summed E-state index contributed by atoms with van der Waals surface area (Å²) in [6, 6.07) is 3.80. The van der Waals surface area contributed by atoms with Gasteiger partial charge in [-0.1, -0.05) is 0 Å². The smallest absolute Gasteiger partial charge is 0.221 e. The SMILES string of the molecule is COc1cc(C)cc(Br)c1NC(C)=O. The van der Waals surface area contributed by atoms with Crippen LogP contribution in [0.25, 0.3) is 0 Å². The molecule has 1 aromatic rings. The summed E-state index contributed by atoms with van der Waals surface area (Å²) in [7, 11) is 1.58. The number of carbonyl (C=O) groups excluding carboxylic acids is 1. The maximum atomic E-state index is 10.9. The van der Waals surface area contributed by atoms with Crippen LogP contribution in [0.3, 0.4) is 0 Å². The van der Waals surface area contributed by atoms with Crippen molar-refractivity contribution in [2.75, 3.05) is 12.4 Å². The number of halogens is 1. The van der Waals surface area contributed by atoms with Crippen LogP contribution in [0.5, 0.6) is 5.75 Å². The molecule has 0 unspecified atom stereocenters.